The van der Waals surface area contributed by atoms with E-state index in [1.165, 1.54) is 29.2 Å². The number of rotatable bonds is 4. The molecule has 32 heavy (non-hydrogen) atoms. The average molecular weight is 441 g/mol. The van der Waals surface area contributed by atoms with E-state index in [2.05, 4.69) is 5.32 Å². The summed E-state index contributed by atoms with van der Waals surface area (Å²) in [6, 6.07) is 25.2. The van der Waals surface area contributed by atoms with Crippen molar-refractivity contribution in [2.45, 2.75) is 0 Å². The molecule has 1 aliphatic rings. The van der Waals surface area contributed by atoms with Crippen molar-refractivity contribution in [3.63, 3.8) is 0 Å². The number of aromatic nitrogens is 2. The molecule has 3 aromatic carbocycles. The first-order valence-corrected chi connectivity index (χ1v) is 10.3. The number of benzene rings is 3. The van der Waals surface area contributed by atoms with E-state index in [1.54, 1.807) is 10.8 Å². The molecule has 1 aromatic heterocycles. The third kappa shape index (κ3) is 3.70. The van der Waals surface area contributed by atoms with E-state index >= 15 is 0 Å². The summed E-state index contributed by atoms with van der Waals surface area (Å²) in [6.07, 6.45) is 3.62. The molecule has 0 spiro atoms. The lowest BCUT2D eigenvalue weighted by atomic mass is 10.1. The zero-order valence-corrected chi connectivity index (χ0v) is 17.6. The Morgan fingerprint density at radius 1 is 0.875 bits per heavy atom. The maximum Gasteiger partial charge on any atom is 0.281 e. The van der Waals surface area contributed by atoms with E-state index < -0.39 is 0 Å². The van der Waals surface area contributed by atoms with E-state index in [4.69, 9.17) is 17.3 Å². The molecule has 5 rings (SSSR count). The van der Waals surface area contributed by atoms with Gasteiger partial charge in [0.05, 0.1) is 11.4 Å². The molecule has 1 saturated heterocycles. The first kappa shape index (κ1) is 19.8. The maximum atomic E-state index is 13.3. The molecule has 0 atom stereocenters. The molecule has 2 heterocycles. The molecule has 0 saturated carbocycles. The van der Waals surface area contributed by atoms with E-state index in [0.29, 0.717) is 11.4 Å². The van der Waals surface area contributed by atoms with Gasteiger partial charge in [0.25, 0.3) is 5.91 Å². The van der Waals surface area contributed by atoms with E-state index in [1.807, 2.05) is 66.9 Å². The van der Waals surface area contributed by atoms with Crippen LogP contribution in [0, 0.1) is 5.82 Å². The number of halogens is 1. The number of nitrogens with one attached hydrogen (secondary N) is 1. The summed E-state index contributed by atoms with van der Waals surface area (Å²) in [5.74, 6) is -0.691. The zero-order valence-electron chi connectivity index (χ0n) is 16.8. The van der Waals surface area contributed by atoms with Crippen LogP contribution in [0.1, 0.15) is 5.56 Å². The minimum atomic E-state index is -0.379. The number of carbonyl (C=O) groups is 1. The van der Waals surface area contributed by atoms with Crippen LogP contribution >= 0.6 is 12.2 Å². The van der Waals surface area contributed by atoms with Gasteiger partial charge in [-0.05, 0) is 54.7 Å². The number of hydrogen-bond donors (Lipinski definition) is 1. The van der Waals surface area contributed by atoms with Crippen molar-refractivity contribution >= 4 is 35.0 Å². The summed E-state index contributed by atoms with van der Waals surface area (Å²) < 4.78 is 15.1. The lowest BCUT2D eigenvalue weighted by Crippen LogP contribution is -2.30. The van der Waals surface area contributed by atoms with Gasteiger partial charge in [-0.3, -0.25) is 9.69 Å². The summed E-state index contributed by atoms with van der Waals surface area (Å²) in [6.45, 7) is 0. The molecule has 4 aromatic rings. The van der Waals surface area contributed by atoms with E-state index in [0.717, 1.165) is 22.5 Å². The highest BCUT2D eigenvalue weighted by Crippen LogP contribution is 2.28. The van der Waals surface area contributed by atoms with Crippen LogP contribution in [0.25, 0.3) is 23.0 Å². The Bertz CT molecular complexity index is 1330. The smallest absolute Gasteiger partial charge is 0.281 e. The van der Waals surface area contributed by atoms with Gasteiger partial charge < -0.3 is 5.32 Å². The molecule has 0 bridgehead atoms. The molecular formula is C25H17FN4OS. The van der Waals surface area contributed by atoms with Crippen LogP contribution in [0.5, 0.6) is 0 Å². The fourth-order valence-corrected chi connectivity index (χ4v) is 3.84. The zero-order chi connectivity index (χ0) is 22.1. The normalized spacial score (nSPS) is 14.8. The second-order valence-electron chi connectivity index (χ2n) is 7.18. The number of para-hydroxylation sites is 1. The van der Waals surface area contributed by atoms with Crippen molar-refractivity contribution < 1.29 is 9.18 Å². The average Bonchev–Trinajstić information content (AvgIpc) is 3.36. The van der Waals surface area contributed by atoms with Crippen LogP contribution in [0.3, 0.4) is 0 Å². The third-order valence-electron chi connectivity index (χ3n) is 5.07. The highest BCUT2D eigenvalue weighted by Gasteiger charge is 2.32. The first-order chi connectivity index (χ1) is 15.6. The van der Waals surface area contributed by atoms with Crippen LogP contribution < -0.4 is 10.2 Å². The Morgan fingerprint density at radius 2 is 1.53 bits per heavy atom. The minimum Gasteiger partial charge on any atom is -0.327 e. The number of amides is 1. The van der Waals surface area contributed by atoms with Crippen LogP contribution in [-0.4, -0.2) is 20.8 Å². The van der Waals surface area contributed by atoms with Gasteiger partial charge in [-0.25, -0.2) is 9.07 Å². The fourth-order valence-electron chi connectivity index (χ4n) is 3.54. The molecule has 0 aliphatic carbocycles. The van der Waals surface area contributed by atoms with E-state index in [9.17, 15) is 9.18 Å². The minimum absolute atomic E-state index is 0.240. The number of anilines is 1. The largest absolute Gasteiger partial charge is 0.327 e. The Labute approximate surface area is 189 Å². The molecule has 0 unspecified atom stereocenters. The van der Waals surface area contributed by atoms with Crippen molar-refractivity contribution in [2.24, 2.45) is 0 Å². The lowest BCUT2D eigenvalue weighted by molar-refractivity contribution is -0.113. The molecule has 1 N–H and O–H groups in total. The Kier molecular flexibility index (Phi) is 5.09. The Morgan fingerprint density at radius 3 is 2.22 bits per heavy atom. The van der Waals surface area contributed by atoms with Crippen molar-refractivity contribution in [2.75, 3.05) is 4.90 Å². The lowest BCUT2D eigenvalue weighted by Gasteiger charge is -2.13. The van der Waals surface area contributed by atoms with Gasteiger partial charge in [-0.2, -0.15) is 5.10 Å². The second kappa shape index (κ2) is 8.20. The number of carbonyl (C=O) groups excluding carboxylic acids is 1. The Hall–Kier alpha value is -4.10. The van der Waals surface area contributed by atoms with Crippen molar-refractivity contribution in [1.29, 1.82) is 0 Å². The second-order valence-corrected chi connectivity index (χ2v) is 7.57. The highest BCUT2D eigenvalue weighted by atomic mass is 32.1. The number of hydrogen-bond acceptors (Lipinski definition) is 3. The molecule has 1 amide bonds. The summed E-state index contributed by atoms with van der Waals surface area (Å²) in [5.41, 5.74) is 4.16. The SMILES string of the molecule is O=C1C(=Cc2cn(-c3ccccc3)nc2-c2ccccc2)NC(=S)N1c1ccc(F)cc1. The molecule has 156 valence electrons. The quantitative estimate of drug-likeness (QED) is 0.361. The summed E-state index contributed by atoms with van der Waals surface area (Å²) in [5, 5.41) is 7.99. The van der Waals surface area contributed by atoms with Gasteiger partial charge in [-0.1, -0.05) is 48.5 Å². The van der Waals surface area contributed by atoms with E-state index in [-0.39, 0.29) is 16.8 Å². The summed E-state index contributed by atoms with van der Waals surface area (Å²) >= 11 is 5.37. The Balaban J connectivity index is 1.57. The predicted octanol–water partition coefficient (Wildman–Crippen LogP) is 4.94. The summed E-state index contributed by atoms with van der Waals surface area (Å²) in [4.78, 5) is 14.5. The van der Waals surface area contributed by atoms with Crippen LogP contribution in [-0.2, 0) is 4.79 Å². The molecule has 1 fully saturated rings. The molecular weight excluding hydrogens is 423 g/mol. The first-order valence-electron chi connectivity index (χ1n) is 9.93. The summed E-state index contributed by atoms with van der Waals surface area (Å²) in [7, 11) is 0. The van der Waals surface area contributed by atoms with Crippen LogP contribution in [0.4, 0.5) is 10.1 Å². The predicted molar refractivity (Wildman–Crippen MR) is 127 cm³/mol. The molecule has 0 radical (unpaired) electrons. The van der Waals surface area contributed by atoms with Gasteiger partial charge in [0.1, 0.15) is 17.2 Å². The fraction of sp³-hybridized carbons (Fsp3) is 0. The standard InChI is InChI=1S/C25H17FN4OS/c26-19-11-13-21(14-12-19)30-24(31)22(27-25(30)32)15-18-16-29(20-9-5-2-6-10-20)28-23(18)17-7-3-1-4-8-17/h1-16H,(H,27,32). The van der Waals surface area contributed by atoms with Gasteiger partial charge in [0.2, 0.25) is 0 Å². The number of nitrogens with zero attached hydrogens (tertiary/aromatic N) is 3. The van der Waals surface area contributed by atoms with Gasteiger partial charge >= 0.3 is 0 Å². The highest BCUT2D eigenvalue weighted by molar-refractivity contribution is 7.80. The number of thiocarbonyl (C=S) groups is 1. The van der Waals surface area contributed by atoms with Crippen molar-refractivity contribution in [3.8, 4) is 16.9 Å². The molecule has 1 aliphatic heterocycles. The third-order valence-corrected chi connectivity index (χ3v) is 5.36. The van der Waals surface area contributed by atoms with Crippen LogP contribution in [0.2, 0.25) is 0 Å². The van der Waals surface area contributed by atoms with Gasteiger partial charge in [-0.15, -0.1) is 0 Å². The van der Waals surface area contributed by atoms with Crippen molar-refractivity contribution in [1.82, 2.24) is 15.1 Å². The van der Waals surface area contributed by atoms with Crippen molar-refractivity contribution in [3.05, 3.63) is 108 Å². The monoisotopic (exact) mass is 440 g/mol. The van der Waals surface area contributed by atoms with Gasteiger partial charge in [0.15, 0.2) is 5.11 Å². The molecule has 5 nitrogen and oxygen atoms in total. The van der Waals surface area contributed by atoms with Crippen LogP contribution in [0.15, 0.2) is 96.8 Å². The van der Waals surface area contributed by atoms with Gasteiger partial charge in [0, 0.05) is 17.3 Å². The topological polar surface area (TPSA) is 50.2 Å². The maximum absolute atomic E-state index is 13.3. The molecule has 7 heteroatoms.